The molecule has 0 aliphatic carbocycles. The lowest BCUT2D eigenvalue weighted by Gasteiger charge is -2.06. The van der Waals surface area contributed by atoms with E-state index in [1.54, 1.807) is 6.20 Å². The second kappa shape index (κ2) is 7.58. The molecule has 2 heteroatoms. The van der Waals surface area contributed by atoms with Crippen LogP contribution in [0.1, 0.15) is 30.5 Å². The average molecular weight is 229 g/mol. The highest BCUT2D eigenvalue weighted by atomic mass is 16.3. The summed E-state index contributed by atoms with van der Waals surface area (Å²) in [4.78, 5) is 4.08. The maximum Gasteiger partial charge on any atom is 0.0685 e. The van der Waals surface area contributed by atoms with Crippen molar-refractivity contribution in [3.63, 3.8) is 0 Å². The van der Waals surface area contributed by atoms with Gasteiger partial charge in [-0.15, -0.1) is 0 Å². The highest BCUT2D eigenvalue weighted by Gasteiger charge is 2.01. The molecule has 2 rings (SSSR count). The second-order valence-corrected chi connectivity index (χ2v) is 3.46. The van der Waals surface area contributed by atoms with Crippen LogP contribution >= 0.6 is 0 Å². The monoisotopic (exact) mass is 229 g/mol. The predicted octanol–water partition coefficient (Wildman–Crippen LogP) is 3.19. The van der Waals surface area contributed by atoms with E-state index >= 15 is 0 Å². The summed E-state index contributed by atoms with van der Waals surface area (Å²) in [6, 6.07) is 12.1. The summed E-state index contributed by atoms with van der Waals surface area (Å²) in [5.74, 6) is 0. The van der Waals surface area contributed by atoms with E-state index < -0.39 is 0 Å². The summed E-state index contributed by atoms with van der Waals surface area (Å²) in [6.45, 7) is 4.07. The lowest BCUT2D eigenvalue weighted by Crippen LogP contribution is -1.96. The van der Waals surface area contributed by atoms with E-state index in [4.69, 9.17) is 5.11 Å². The number of rotatable bonds is 3. The normalized spacial score (nSPS) is 9.35. The van der Waals surface area contributed by atoms with Crippen LogP contribution in [0.4, 0.5) is 0 Å². The van der Waals surface area contributed by atoms with Crippen LogP contribution < -0.4 is 0 Å². The highest BCUT2D eigenvalue weighted by Crippen LogP contribution is 2.12. The van der Waals surface area contributed by atoms with Crippen LogP contribution in [0.3, 0.4) is 0 Å². The summed E-state index contributed by atoms with van der Waals surface area (Å²) in [5.41, 5.74) is 3.28. The maximum absolute atomic E-state index is 9.17. The van der Waals surface area contributed by atoms with Crippen molar-refractivity contribution in [2.75, 3.05) is 0 Å². The lowest BCUT2D eigenvalue weighted by molar-refractivity contribution is 0.280. The third-order valence-electron chi connectivity index (χ3n) is 2.41. The van der Waals surface area contributed by atoms with Crippen LogP contribution in [-0.4, -0.2) is 10.1 Å². The molecule has 1 aromatic heterocycles. The number of aliphatic hydroxyl groups excluding tert-OH is 1. The first-order chi connectivity index (χ1) is 8.40. The van der Waals surface area contributed by atoms with Gasteiger partial charge in [-0.1, -0.05) is 44.2 Å². The van der Waals surface area contributed by atoms with Gasteiger partial charge in [0.05, 0.1) is 6.61 Å². The minimum absolute atomic E-state index is 0.0741. The molecule has 0 bridgehead atoms. The molecule has 0 aliphatic rings. The zero-order chi connectivity index (χ0) is 12.5. The first-order valence-electron chi connectivity index (χ1n) is 5.96. The van der Waals surface area contributed by atoms with Crippen LogP contribution in [0.25, 0.3) is 0 Å². The zero-order valence-electron chi connectivity index (χ0n) is 10.4. The Balaban J connectivity index is 0.000000686. The topological polar surface area (TPSA) is 33.1 Å². The molecule has 0 saturated carbocycles. The molecule has 0 amide bonds. The standard InChI is InChI=1S/C13H13NO.C2H6/c15-10-12-6-7-14-9-13(12)8-11-4-2-1-3-5-11;1-2/h1-7,9,15H,8,10H2;1-2H3. The molecule has 2 aromatic rings. The van der Waals surface area contributed by atoms with Gasteiger partial charge in [0.15, 0.2) is 0 Å². The molecule has 0 unspecified atom stereocenters. The molecule has 90 valence electrons. The molecule has 0 saturated heterocycles. The highest BCUT2D eigenvalue weighted by molar-refractivity contribution is 5.29. The summed E-state index contributed by atoms with van der Waals surface area (Å²) in [7, 11) is 0. The number of hydrogen-bond donors (Lipinski definition) is 1. The molecule has 0 spiro atoms. The third-order valence-corrected chi connectivity index (χ3v) is 2.41. The van der Waals surface area contributed by atoms with Crippen LogP contribution in [0.5, 0.6) is 0 Å². The molecule has 0 atom stereocenters. The van der Waals surface area contributed by atoms with Crippen molar-refractivity contribution in [2.24, 2.45) is 0 Å². The van der Waals surface area contributed by atoms with Crippen molar-refractivity contribution in [3.8, 4) is 0 Å². The van der Waals surface area contributed by atoms with Gasteiger partial charge in [-0.3, -0.25) is 4.98 Å². The first-order valence-corrected chi connectivity index (χ1v) is 5.96. The van der Waals surface area contributed by atoms with Crippen molar-refractivity contribution >= 4 is 0 Å². The Kier molecular flexibility index (Phi) is 5.97. The molecule has 1 heterocycles. The smallest absolute Gasteiger partial charge is 0.0685 e. The van der Waals surface area contributed by atoms with Gasteiger partial charge in [0.25, 0.3) is 0 Å². The van der Waals surface area contributed by atoms with Crippen molar-refractivity contribution in [3.05, 3.63) is 65.5 Å². The van der Waals surface area contributed by atoms with E-state index in [1.165, 1.54) is 5.56 Å². The van der Waals surface area contributed by atoms with E-state index in [9.17, 15) is 0 Å². The fraction of sp³-hybridized carbons (Fsp3) is 0.267. The van der Waals surface area contributed by atoms with Gasteiger partial charge in [0.2, 0.25) is 0 Å². The second-order valence-electron chi connectivity index (χ2n) is 3.46. The van der Waals surface area contributed by atoms with Crippen LogP contribution in [0.2, 0.25) is 0 Å². The Morgan fingerprint density at radius 1 is 1.00 bits per heavy atom. The number of aliphatic hydroxyl groups is 1. The Morgan fingerprint density at radius 3 is 2.35 bits per heavy atom. The maximum atomic E-state index is 9.17. The SMILES string of the molecule is CC.OCc1ccncc1Cc1ccccc1. The van der Waals surface area contributed by atoms with Crippen molar-refractivity contribution in [1.29, 1.82) is 0 Å². The lowest BCUT2D eigenvalue weighted by atomic mass is 10.0. The Labute approximate surface area is 103 Å². The minimum atomic E-state index is 0.0741. The molecule has 0 fully saturated rings. The van der Waals surface area contributed by atoms with Crippen molar-refractivity contribution < 1.29 is 5.11 Å². The number of benzene rings is 1. The molecular formula is C15H19NO. The zero-order valence-corrected chi connectivity index (χ0v) is 10.4. The molecule has 0 radical (unpaired) electrons. The van der Waals surface area contributed by atoms with Crippen molar-refractivity contribution in [1.82, 2.24) is 4.98 Å². The number of aromatic nitrogens is 1. The summed E-state index contributed by atoms with van der Waals surface area (Å²) in [6.07, 6.45) is 4.35. The quantitative estimate of drug-likeness (QED) is 0.876. The predicted molar refractivity (Wildman–Crippen MR) is 70.8 cm³/mol. The van der Waals surface area contributed by atoms with Crippen molar-refractivity contribution in [2.45, 2.75) is 26.9 Å². The Hall–Kier alpha value is -1.67. The van der Waals surface area contributed by atoms with E-state index in [0.717, 1.165) is 17.5 Å². The molecule has 0 aliphatic heterocycles. The number of pyridine rings is 1. The fourth-order valence-electron chi connectivity index (χ4n) is 1.59. The van der Waals surface area contributed by atoms with Crippen LogP contribution in [0, 0.1) is 0 Å². The molecule has 17 heavy (non-hydrogen) atoms. The molecule has 1 aromatic carbocycles. The van der Waals surface area contributed by atoms with Gasteiger partial charge in [-0.25, -0.2) is 0 Å². The molecule has 1 N–H and O–H groups in total. The first kappa shape index (κ1) is 13.4. The number of hydrogen-bond acceptors (Lipinski definition) is 2. The summed E-state index contributed by atoms with van der Waals surface area (Å²) >= 11 is 0. The van der Waals surface area contributed by atoms with Gasteiger partial charge in [-0.2, -0.15) is 0 Å². The Morgan fingerprint density at radius 2 is 1.71 bits per heavy atom. The van der Waals surface area contributed by atoms with E-state index in [0.29, 0.717) is 0 Å². The molecule has 2 nitrogen and oxygen atoms in total. The van der Waals surface area contributed by atoms with Crippen LogP contribution in [-0.2, 0) is 13.0 Å². The van der Waals surface area contributed by atoms with Gasteiger partial charge in [0.1, 0.15) is 0 Å². The third kappa shape index (κ3) is 4.00. The largest absolute Gasteiger partial charge is 0.392 e. The average Bonchev–Trinajstić information content (AvgIpc) is 2.43. The van der Waals surface area contributed by atoms with E-state index in [-0.39, 0.29) is 6.61 Å². The van der Waals surface area contributed by atoms with Gasteiger partial charge >= 0.3 is 0 Å². The van der Waals surface area contributed by atoms with E-state index in [2.05, 4.69) is 17.1 Å². The Bertz CT molecular complexity index is 426. The molecular weight excluding hydrogens is 210 g/mol. The number of nitrogens with zero attached hydrogens (tertiary/aromatic N) is 1. The fourth-order valence-corrected chi connectivity index (χ4v) is 1.59. The van der Waals surface area contributed by atoms with Crippen LogP contribution in [0.15, 0.2) is 48.8 Å². The van der Waals surface area contributed by atoms with E-state index in [1.807, 2.05) is 44.3 Å². The van der Waals surface area contributed by atoms with Gasteiger partial charge in [0, 0.05) is 12.4 Å². The summed E-state index contributed by atoms with van der Waals surface area (Å²) in [5, 5.41) is 9.17. The van der Waals surface area contributed by atoms with Gasteiger partial charge < -0.3 is 5.11 Å². The minimum Gasteiger partial charge on any atom is -0.392 e. The van der Waals surface area contributed by atoms with Gasteiger partial charge in [-0.05, 0) is 29.2 Å². The summed E-state index contributed by atoms with van der Waals surface area (Å²) < 4.78 is 0.